The summed E-state index contributed by atoms with van der Waals surface area (Å²) in [5.41, 5.74) is 1.19. The SMILES string of the molecule is C[C@]12CCCC3=CC(=O)C=C[C@@]31OCC2. The van der Waals surface area contributed by atoms with Crippen molar-refractivity contribution >= 4 is 5.78 Å². The van der Waals surface area contributed by atoms with Crippen molar-refractivity contribution in [3.63, 3.8) is 0 Å². The molecule has 3 rings (SSSR count). The molecule has 1 spiro atoms. The maximum absolute atomic E-state index is 11.4. The third kappa shape index (κ3) is 1.06. The normalized spacial score (nSPS) is 43.5. The van der Waals surface area contributed by atoms with E-state index in [-0.39, 0.29) is 16.8 Å². The van der Waals surface area contributed by atoms with Gasteiger partial charge in [0, 0.05) is 12.0 Å². The van der Waals surface area contributed by atoms with Gasteiger partial charge in [-0.1, -0.05) is 6.92 Å². The monoisotopic (exact) mass is 204 g/mol. The molecule has 0 aromatic rings. The van der Waals surface area contributed by atoms with Crippen LogP contribution in [0, 0.1) is 5.41 Å². The molecular formula is C13H16O2. The Morgan fingerprint density at radius 1 is 1.40 bits per heavy atom. The topological polar surface area (TPSA) is 26.3 Å². The molecule has 2 heteroatoms. The molecule has 2 aliphatic carbocycles. The zero-order valence-corrected chi connectivity index (χ0v) is 9.08. The number of allylic oxidation sites excluding steroid dienone is 2. The zero-order chi connectivity index (χ0) is 10.5. The molecule has 0 N–H and O–H groups in total. The van der Waals surface area contributed by atoms with Crippen LogP contribution in [-0.2, 0) is 9.53 Å². The van der Waals surface area contributed by atoms with E-state index in [1.54, 1.807) is 12.2 Å². The van der Waals surface area contributed by atoms with Gasteiger partial charge in [-0.2, -0.15) is 0 Å². The van der Waals surface area contributed by atoms with Gasteiger partial charge in [-0.15, -0.1) is 0 Å². The molecule has 1 aliphatic heterocycles. The standard InChI is InChI=1S/C13H16O2/c1-12-5-2-3-10-9-11(14)4-6-13(10,12)15-8-7-12/h4,6,9H,2-3,5,7-8H2,1H3/t12-,13-/m1/s1. The Morgan fingerprint density at radius 2 is 2.27 bits per heavy atom. The number of ketones is 1. The van der Waals surface area contributed by atoms with Crippen LogP contribution in [0.15, 0.2) is 23.8 Å². The van der Waals surface area contributed by atoms with Crippen molar-refractivity contribution in [3.8, 4) is 0 Å². The average molecular weight is 204 g/mol. The van der Waals surface area contributed by atoms with Crippen LogP contribution < -0.4 is 0 Å². The van der Waals surface area contributed by atoms with E-state index in [2.05, 4.69) is 6.92 Å². The number of carbonyl (C=O) groups excluding carboxylic acids is 1. The van der Waals surface area contributed by atoms with Gasteiger partial charge in [-0.05, 0) is 49.5 Å². The lowest BCUT2D eigenvalue weighted by atomic mass is 9.60. The Hall–Kier alpha value is -0.890. The Balaban J connectivity index is 2.13. The molecular weight excluding hydrogens is 188 g/mol. The molecule has 15 heavy (non-hydrogen) atoms. The van der Waals surface area contributed by atoms with Gasteiger partial charge in [0.25, 0.3) is 0 Å². The van der Waals surface area contributed by atoms with Crippen molar-refractivity contribution in [1.29, 1.82) is 0 Å². The van der Waals surface area contributed by atoms with E-state index in [4.69, 9.17) is 4.74 Å². The fourth-order valence-electron chi connectivity index (χ4n) is 3.40. The van der Waals surface area contributed by atoms with E-state index in [1.807, 2.05) is 6.08 Å². The molecule has 0 amide bonds. The van der Waals surface area contributed by atoms with Gasteiger partial charge >= 0.3 is 0 Å². The number of ether oxygens (including phenoxy) is 1. The minimum absolute atomic E-state index is 0.121. The summed E-state index contributed by atoms with van der Waals surface area (Å²) in [6.07, 6.45) is 10.0. The van der Waals surface area contributed by atoms with Crippen molar-refractivity contribution < 1.29 is 9.53 Å². The highest BCUT2D eigenvalue weighted by Crippen LogP contribution is 2.56. The highest BCUT2D eigenvalue weighted by atomic mass is 16.5. The Morgan fingerprint density at radius 3 is 3.13 bits per heavy atom. The summed E-state index contributed by atoms with van der Waals surface area (Å²) in [5.74, 6) is 0.121. The number of hydrogen-bond acceptors (Lipinski definition) is 2. The molecule has 2 nitrogen and oxygen atoms in total. The first-order chi connectivity index (χ1) is 7.16. The maximum atomic E-state index is 11.4. The third-order valence-electron chi connectivity index (χ3n) is 4.33. The molecule has 1 saturated carbocycles. The van der Waals surface area contributed by atoms with Gasteiger partial charge < -0.3 is 4.74 Å². The molecule has 2 fully saturated rings. The number of carbonyl (C=O) groups is 1. The van der Waals surface area contributed by atoms with Crippen molar-refractivity contribution in [3.05, 3.63) is 23.8 Å². The second-order valence-corrected chi connectivity index (χ2v) is 5.15. The summed E-state index contributed by atoms with van der Waals surface area (Å²) in [4.78, 5) is 11.4. The first-order valence-corrected chi connectivity index (χ1v) is 5.75. The predicted octanol–water partition coefficient (Wildman–Crippen LogP) is 2.40. The van der Waals surface area contributed by atoms with E-state index in [0.29, 0.717) is 0 Å². The summed E-state index contributed by atoms with van der Waals surface area (Å²) in [6, 6.07) is 0. The van der Waals surface area contributed by atoms with Crippen molar-refractivity contribution in [1.82, 2.24) is 0 Å². The Labute approximate surface area is 90.0 Å². The summed E-state index contributed by atoms with van der Waals surface area (Å²) < 4.78 is 5.99. The van der Waals surface area contributed by atoms with Gasteiger partial charge in [-0.25, -0.2) is 0 Å². The molecule has 80 valence electrons. The van der Waals surface area contributed by atoms with E-state index in [9.17, 15) is 4.79 Å². The maximum Gasteiger partial charge on any atom is 0.178 e. The first kappa shape index (κ1) is 9.34. The van der Waals surface area contributed by atoms with Crippen LogP contribution in [0.2, 0.25) is 0 Å². The molecule has 1 saturated heterocycles. The minimum Gasteiger partial charge on any atom is -0.366 e. The molecule has 0 aromatic carbocycles. The minimum atomic E-state index is -0.237. The molecule has 0 radical (unpaired) electrons. The Kier molecular flexibility index (Phi) is 1.76. The predicted molar refractivity (Wildman–Crippen MR) is 57.5 cm³/mol. The summed E-state index contributed by atoms with van der Waals surface area (Å²) in [6.45, 7) is 3.12. The van der Waals surface area contributed by atoms with Crippen molar-refractivity contribution in [2.45, 2.75) is 38.2 Å². The summed E-state index contributed by atoms with van der Waals surface area (Å²) in [5, 5.41) is 0. The summed E-state index contributed by atoms with van der Waals surface area (Å²) >= 11 is 0. The second-order valence-electron chi connectivity index (χ2n) is 5.15. The van der Waals surface area contributed by atoms with Crippen molar-refractivity contribution in [2.24, 2.45) is 5.41 Å². The van der Waals surface area contributed by atoms with E-state index in [0.717, 1.165) is 19.4 Å². The lowest BCUT2D eigenvalue weighted by Crippen LogP contribution is -2.47. The first-order valence-electron chi connectivity index (χ1n) is 5.75. The smallest absolute Gasteiger partial charge is 0.178 e. The lowest BCUT2D eigenvalue weighted by molar-refractivity contribution is -0.111. The van der Waals surface area contributed by atoms with E-state index < -0.39 is 0 Å². The van der Waals surface area contributed by atoms with Gasteiger partial charge in [0.05, 0.1) is 0 Å². The largest absolute Gasteiger partial charge is 0.366 e. The van der Waals surface area contributed by atoms with Gasteiger partial charge in [0.15, 0.2) is 5.78 Å². The quantitative estimate of drug-likeness (QED) is 0.605. The van der Waals surface area contributed by atoms with Gasteiger partial charge in [0.2, 0.25) is 0 Å². The number of rotatable bonds is 0. The molecule has 0 unspecified atom stereocenters. The third-order valence-corrected chi connectivity index (χ3v) is 4.33. The number of hydrogen-bond donors (Lipinski definition) is 0. The highest BCUT2D eigenvalue weighted by molar-refractivity contribution is 6.01. The van der Waals surface area contributed by atoms with Crippen LogP contribution >= 0.6 is 0 Å². The second kappa shape index (κ2) is 2.82. The van der Waals surface area contributed by atoms with Crippen LogP contribution in [0.5, 0.6) is 0 Å². The van der Waals surface area contributed by atoms with Crippen LogP contribution in [0.4, 0.5) is 0 Å². The van der Waals surface area contributed by atoms with E-state index >= 15 is 0 Å². The molecule has 1 heterocycles. The molecule has 3 aliphatic rings. The lowest BCUT2D eigenvalue weighted by Gasteiger charge is -2.47. The van der Waals surface area contributed by atoms with Crippen LogP contribution in [0.3, 0.4) is 0 Å². The summed E-state index contributed by atoms with van der Waals surface area (Å²) in [7, 11) is 0. The van der Waals surface area contributed by atoms with Crippen LogP contribution in [0.25, 0.3) is 0 Å². The Bertz CT molecular complexity index is 380. The van der Waals surface area contributed by atoms with Crippen LogP contribution in [0.1, 0.15) is 32.6 Å². The molecule has 2 atom stereocenters. The van der Waals surface area contributed by atoms with Gasteiger partial charge in [0.1, 0.15) is 5.60 Å². The van der Waals surface area contributed by atoms with E-state index in [1.165, 1.54) is 18.4 Å². The average Bonchev–Trinajstić information content (AvgIpc) is 2.53. The fourth-order valence-corrected chi connectivity index (χ4v) is 3.40. The highest BCUT2D eigenvalue weighted by Gasteiger charge is 2.56. The van der Waals surface area contributed by atoms with Crippen LogP contribution in [-0.4, -0.2) is 18.0 Å². The zero-order valence-electron chi connectivity index (χ0n) is 9.08. The molecule has 0 aromatic heterocycles. The van der Waals surface area contributed by atoms with Gasteiger partial charge in [-0.3, -0.25) is 4.79 Å². The fraction of sp³-hybridized carbons (Fsp3) is 0.615. The molecule has 0 bridgehead atoms. The van der Waals surface area contributed by atoms with Crippen molar-refractivity contribution in [2.75, 3.05) is 6.61 Å².